The summed E-state index contributed by atoms with van der Waals surface area (Å²) in [6.45, 7) is 13.6. The third-order valence-corrected chi connectivity index (χ3v) is 5.75. The van der Waals surface area contributed by atoms with E-state index in [-0.39, 0.29) is 49.5 Å². The van der Waals surface area contributed by atoms with Gasteiger partial charge < -0.3 is 34.9 Å². The molecule has 1 heterocycles. The zero-order valence-electron chi connectivity index (χ0n) is 26.4. The van der Waals surface area contributed by atoms with Gasteiger partial charge in [0.05, 0.1) is 58.9 Å². The van der Waals surface area contributed by atoms with Crippen LogP contribution in [0.1, 0.15) is 54.4 Å². The molecule has 0 spiro atoms. The summed E-state index contributed by atoms with van der Waals surface area (Å²) in [5.74, 6) is -2.12. The summed E-state index contributed by atoms with van der Waals surface area (Å²) in [4.78, 5) is 71.6. The Morgan fingerprint density at radius 1 is 0.674 bits per heavy atom. The normalized spacial score (nSPS) is 13.8. The van der Waals surface area contributed by atoms with E-state index < -0.39 is 29.8 Å². The first-order valence-corrected chi connectivity index (χ1v) is 14.8. The molecule has 1 aliphatic rings. The van der Waals surface area contributed by atoms with E-state index in [2.05, 4.69) is 16.0 Å². The Morgan fingerprint density at radius 3 is 1.67 bits per heavy atom. The van der Waals surface area contributed by atoms with Crippen molar-refractivity contribution in [3.63, 3.8) is 0 Å². The highest BCUT2D eigenvalue weighted by molar-refractivity contribution is 6.13. The van der Waals surface area contributed by atoms with Crippen molar-refractivity contribution in [2.45, 2.75) is 66.5 Å². The summed E-state index contributed by atoms with van der Waals surface area (Å²) in [5, 5.41) is 7.83. The number of nitrogens with zero attached hydrogens (tertiary/aromatic N) is 1. The van der Waals surface area contributed by atoms with Crippen LogP contribution in [0, 0.1) is 5.92 Å². The van der Waals surface area contributed by atoms with E-state index in [1.54, 1.807) is 27.7 Å². The fourth-order valence-corrected chi connectivity index (χ4v) is 3.43. The number of Topliss-reactive ketones (excluding diaryl/α,β-unsaturated/α-hetero) is 1. The molecule has 0 fully saturated rings. The second-order valence-electron chi connectivity index (χ2n) is 9.54. The molecular weight excluding hydrogens is 564 g/mol. The van der Waals surface area contributed by atoms with Crippen molar-refractivity contribution in [2.24, 2.45) is 5.92 Å². The lowest BCUT2D eigenvalue weighted by molar-refractivity contribution is -0.137. The van der Waals surface area contributed by atoms with Crippen LogP contribution in [0.3, 0.4) is 0 Å². The lowest BCUT2D eigenvalue weighted by atomic mass is 10.0. The van der Waals surface area contributed by atoms with Gasteiger partial charge in [0.25, 0.3) is 11.8 Å². The molecule has 0 unspecified atom stereocenters. The van der Waals surface area contributed by atoms with Gasteiger partial charge in [-0.05, 0) is 13.8 Å². The average Bonchev–Trinajstić information content (AvgIpc) is 3.30. The Kier molecular flexibility index (Phi) is 22.5. The Bertz CT molecular complexity index is 892. The first-order chi connectivity index (χ1) is 20.5. The molecule has 14 nitrogen and oxygen atoms in total. The lowest BCUT2D eigenvalue weighted by Gasteiger charge is -2.19. The SMILES string of the molecule is CC.CC(C)C(=O)[C@H](C)NC(=O)[C@H](C)NC(=O)CCOCCOCCOCCOCCNC(=O)CCN1C(=O)C=CC1=O. The maximum absolute atomic E-state index is 12.1. The van der Waals surface area contributed by atoms with Crippen LogP contribution < -0.4 is 16.0 Å². The Labute approximate surface area is 254 Å². The summed E-state index contributed by atoms with van der Waals surface area (Å²) in [6.07, 6.45) is 2.48. The van der Waals surface area contributed by atoms with Crippen molar-refractivity contribution in [3.05, 3.63) is 12.2 Å². The fraction of sp³-hybridized carbons (Fsp3) is 0.724. The molecule has 0 saturated heterocycles. The number of ether oxygens (including phenoxy) is 4. The van der Waals surface area contributed by atoms with Crippen molar-refractivity contribution in [1.29, 1.82) is 0 Å². The van der Waals surface area contributed by atoms with Crippen LogP contribution in [0.25, 0.3) is 0 Å². The second kappa shape index (κ2) is 24.3. The predicted molar refractivity (Wildman–Crippen MR) is 158 cm³/mol. The van der Waals surface area contributed by atoms with Gasteiger partial charge in [0.15, 0.2) is 5.78 Å². The summed E-state index contributed by atoms with van der Waals surface area (Å²) >= 11 is 0. The highest BCUT2D eigenvalue weighted by Crippen LogP contribution is 2.04. The fourth-order valence-electron chi connectivity index (χ4n) is 3.43. The number of carbonyl (C=O) groups excluding carboxylic acids is 6. The van der Waals surface area contributed by atoms with Gasteiger partial charge in [-0.1, -0.05) is 27.7 Å². The van der Waals surface area contributed by atoms with E-state index in [9.17, 15) is 28.8 Å². The third kappa shape index (κ3) is 18.8. The molecule has 3 N–H and O–H groups in total. The molecule has 0 aliphatic carbocycles. The molecule has 0 radical (unpaired) electrons. The molecule has 0 bridgehead atoms. The van der Waals surface area contributed by atoms with Crippen LogP contribution in [0.15, 0.2) is 12.2 Å². The van der Waals surface area contributed by atoms with Crippen molar-refractivity contribution >= 4 is 35.3 Å². The van der Waals surface area contributed by atoms with Gasteiger partial charge in [-0.25, -0.2) is 0 Å². The van der Waals surface area contributed by atoms with Gasteiger partial charge in [-0.2, -0.15) is 0 Å². The quantitative estimate of drug-likeness (QED) is 0.106. The van der Waals surface area contributed by atoms with Gasteiger partial charge in [0, 0.05) is 44.0 Å². The minimum Gasteiger partial charge on any atom is -0.379 e. The molecule has 43 heavy (non-hydrogen) atoms. The van der Waals surface area contributed by atoms with Crippen molar-refractivity contribution in [3.8, 4) is 0 Å². The number of imide groups is 1. The van der Waals surface area contributed by atoms with E-state index in [4.69, 9.17) is 18.9 Å². The highest BCUT2D eigenvalue weighted by atomic mass is 16.6. The molecule has 2 atom stereocenters. The number of rotatable bonds is 23. The Hall–Kier alpha value is -3.20. The minimum absolute atomic E-state index is 0.0328. The molecule has 0 aromatic rings. The standard InChI is InChI=1S/C27H44N4O10.C2H6/c1-19(2)26(36)20(3)30-27(37)21(4)29-23(33)8-11-38-13-15-40-17-18-41-16-14-39-12-9-28-22(32)7-10-31-24(34)5-6-25(31)35;1-2/h5-6,19-21H,7-18H2,1-4H3,(H,28,32)(H,29,33)(H,30,37);1-2H3/t20-,21-;/m0./s1. The number of nitrogens with one attached hydrogen (secondary N) is 3. The van der Waals surface area contributed by atoms with Gasteiger partial charge in [-0.15, -0.1) is 0 Å². The third-order valence-electron chi connectivity index (χ3n) is 5.75. The van der Waals surface area contributed by atoms with E-state index >= 15 is 0 Å². The molecule has 14 heteroatoms. The maximum atomic E-state index is 12.1. The number of ketones is 1. The highest BCUT2D eigenvalue weighted by Gasteiger charge is 2.24. The summed E-state index contributed by atoms with van der Waals surface area (Å²) in [5.41, 5.74) is 0. The van der Waals surface area contributed by atoms with Gasteiger partial charge in [-0.3, -0.25) is 33.7 Å². The van der Waals surface area contributed by atoms with E-state index in [1.807, 2.05) is 13.8 Å². The van der Waals surface area contributed by atoms with Crippen LogP contribution in [-0.2, 0) is 47.7 Å². The molecule has 0 aromatic heterocycles. The number of hydrogen-bond acceptors (Lipinski definition) is 10. The Balaban J connectivity index is 0.00000862. The molecule has 5 amide bonds. The summed E-state index contributed by atoms with van der Waals surface area (Å²) in [6, 6.07) is -1.38. The van der Waals surface area contributed by atoms with Crippen LogP contribution in [0.2, 0.25) is 0 Å². The molecule has 1 aliphatic heterocycles. The van der Waals surface area contributed by atoms with Crippen LogP contribution >= 0.6 is 0 Å². The number of hydrogen-bond donors (Lipinski definition) is 3. The first kappa shape index (κ1) is 39.8. The molecular formula is C29H50N4O10. The zero-order valence-corrected chi connectivity index (χ0v) is 26.4. The molecule has 1 rings (SSSR count). The monoisotopic (exact) mass is 614 g/mol. The van der Waals surface area contributed by atoms with E-state index in [1.165, 1.54) is 12.2 Å². The molecule has 0 saturated carbocycles. The summed E-state index contributed by atoms with van der Waals surface area (Å²) < 4.78 is 21.5. The van der Waals surface area contributed by atoms with Crippen LogP contribution in [0.5, 0.6) is 0 Å². The predicted octanol–water partition coefficient (Wildman–Crippen LogP) is 0.135. The second-order valence-corrected chi connectivity index (χ2v) is 9.54. The first-order valence-electron chi connectivity index (χ1n) is 14.8. The summed E-state index contributed by atoms with van der Waals surface area (Å²) in [7, 11) is 0. The topological polar surface area (TPSA) is 179 Å². The van der Waals surface area contributed by atoms with Crippen molar-refractivity contribution < 1.29 is 47.7 Å². The smallest absolute Gasteiger partial charge is 0.253 e. The Morgan fingerprint density at radius 2 is 1.16 bits per heavy atom. The molecule has 246 valence electrons. The van der Waals surface area contributed by atoms with Crippen molar-refractivity contribution in [1.82, 2.24) is 20.9 Å². The largest absolute Gasteiger partial charge is 0.379 e. The van der Waals surface area contributed by atoms with Crippen LogP contribution in [0.4, 0.5) is 0 Å². The average molecular weight is 615 g/mol. The van der Waals surface area contributed by atoms with Crippen LogP contribution in [-0.4, -0.2) is 118 Å². The number of amides is 5. The van der Waals surface area contributed by atoms with Gasteiger partial charge in [0.1, 0.15) is 6.04 Å². The van der Waals surface area contributed by atoms with Crippen molar-refractivity contribution in [2.75, 3.05) is 65.9 Å². The van der Waals surface area contributed by atoms with Gasteiger partial charge in [0.2, 0.25) is 17.7 Å². The van der Waals surface area contributed by atoms with E-state index in [0.29, 0.717) is 52.8 Å². The molecule has 0 aromatic carbocycles. The minimum atomic E-state index is -0.768. The lowest BCUT2D eigenvalue weighted by Crippen LogP contribution is -2.50. The van der Waals surface area contributed by atoms with Gasteiger partial charge >= 0.3 is 0 Å². The van der Waals surface area contributed by atoms with E-state index in [0.717, 1.165) is 4.90 Å². The number of carbonyl (C=O) groups is 6. The zero-order chi connectivity index (χ0) is 32.6. The maximum Gasteiger partial charge on any atom is 0.253 e.